The first-order valence-electron chi connectivity index (χ1n) is 7.82. The van der Waals surface area contributed by atoms with Crippen molar-refractivity contribution in [3.63, 3.8) is 0 Å². The fourth-order valence-corrected chi connectivity index (χ4v) is 2.63. The van der Waals surface area contributed by atoms with Crippen molar-refractivity contribution in [3.8, 4) is 17.6 Å². The van der Waals surface area contributed by atoms with E-state index in [1.807, 2.05) is 55.5 Å². The van der Waals surface area contributed by atoms with Crippen LogP contribution in [0.2, 0.25) is 0 Å². The number of ether oxygens (including phenoxy) is 2. The van der Waals surface area contributed by atoms with Gasteiger partial charge < -0.3 is 14.0 Å². The van der Waals surface area contributed by atoms with Crippen LogP contribution in [0.15, 0.2) is 48.5 Å². The number of benzene rings is 2. The van der Waals surface area contributed by atoms with Crippen molar-refractivity contribution >= 4 is 11.0 Å². The molecule has 0 aliphatic heterocycles. The highest BCUT2D eigenvalue weighted by Gasteiger charge is 2.14. The van der Waals surface area contributed by atoms with E-state index in [4.69, 9.17) is 14.7 Å². The molecule has 0 amide bonds. The lowest BCUT2D eigenvalue weighted by Gasteiger charge is -2.13. The smallest absolute Gasteiger partial charge is 0.161 e. The number of fused-ring (bicyclic) bond motifs is 1. The number of nitrogens with zero attached hydrogens (tertiary/aromatic N) is 3. The maximum atomic E-state index is 9.14. The zero-order chi connectivity index (χ0) is 16.9. The van der Waals surface area contributed by atoms with Gasteiger partial charge in [0.05, 0.1) is 30.1 Å². The van der Waals surface area contributed by atoms with E-state index < -0.39 is 0 Å². The lowest BCUT2D eigenvalue weighted by atomic mass is 10.2. The fourth-order valence-electron chi connectivity index (χ4n) is 2.63. The molecule has 1 atom stereocenters. The van der Waals surface area contributed by atoms with Crippen molar-refractivity contribution in [2.75, 3.05) is 7.11 Å². The van der Waals surface area contributed by atoms with Crippen molar-refractivity contribution in [2.45, 2.75) is 20.1 Å². The third kappa shape index (κ3) is 3.18. The molecule has 0 saturated heterocycles. The molecule has 1 heterocycles. The average molecular weight is 321 g/mol. The van der Waals surface area contributed by atoms with Crippen LogP contribution in [0, 0.1) is 17.2 Å². The Morgan fingerprint density at radius 1 is 1.12 bits per heavy atom. The molecule has 3 rings (SSSR count). The predicted octanol–water partition coefficient (Wildman–Crippen LogP) is 3.78. The van der Waals surface area contributed by atoms with E-state index in [1.54, 1.807) is 7.11 Å². The Labute approximate surface area is 141 Å². The highest BCUT2D eigenvalue weighted by atomic mass is 16.5. The first kappa shape index (κ1) is 15.9. The molecule has 1 aromatic heterocycles. The molecule has 0 N–H and O–H groups in total. The lowest BCUT2D eigenvalue weighted by Crippen LogP contribution is -2.11. The van der Waals surface area contributed by atoms with Crippen LogP contribution in [0.4, 0.5) is 0 Å². The molecule has 0 radical (unpaired) electrons. The summed E-state index contributed by atoms with van der Waals surface area (Å²) < 4.78 is 13.3. The number of methoxy groups -OCH3 is 1. The van der Waals surface area contributed by atoms with Crippen molar-refractivity contribution in [3.05, 3.63) is 54.4 Å². The molecule has 24 heavy (non-hydrogen) atoms. The second kappa shape index (κ2) is 7.05. The lowest BCUT2D eigenvalue weighted by molar-refractivity contribution is 0.271. The second-order valence-corrected chi connectivity index (χ2v) is 5.60. The minimum Gasteiger partial charge on any atom is -0.493 e. The number of hydrogen-bond donors (Lipinski definition) is 0. The largest absolute Gasteiger partial charge is 0.493 e. The molecule has 0 spiro atoms. The monoisotopic (exact) mass is 321 g/mol. The van der Waals surface area contributed by atoms with Crippen LogP contribution in [-0.4, -0.2) is 16.7 Å². The van der Waals surface area contributed by atoms with Gasteiger partial charge in [0.25, 0.3) is 0 Å². The number of para-hydroxylation sites is 4. The third-order valence-corrected chi connectivity index (χ3v) is 3.84. The van der Waals surface area contributed by atoms with Crippen LogP contribution < -0.4 is 9.47 Å². The summed E-state index contributed by atoms with van der Waals surface area (Å²) in [6, 6.07) is 17.7. The maximum Gasteiger partial charge on any atom is 0.161 e. The SMILES string of the molecule is COc1ccccc1OCc1nc2ccccc2n1CC(C)C#N. The third-order valence-electron chi connectivity index (χ3n) is 3.84. The molecule has 0 aliphatic rings. The van der Waals surface area contributed by atoms with E-state index >= 15 is 0 Å². The molecular weight excluding hydrogens is 302 g/mol. The van der Waals surface area contributed by atoms with Gasteiger partial charge in [0.2, 0.25) is 0 Å². The molecule has 122 valence electrons. The van der Waals surface area contributed by atoms with Gasteiger partial charge in [-0.05, 0) is 31.2 Å². The van der Waals surface area contributed by atoms with Gasteiger partial charge in [0, 0.05) is 6.54 Å². The van der Waals surface area contributed by atoms with E-state index in [-0.39, 0.29) is 5.92 Å². The van der Waals surface area contributed by atoms with E-state index in [1.165, 1.54) is 0 Å². The predicted molar refractivity (Wildman–Crippen MR) is 91.8 cm³/mol. The number of aromatic nitrogens is 2. The second-order valence-electron chi connectivity index (χ2n) is 5.60. The van der Waals surface area contributed by atoms with Gasteiger partial charge in [-0.25, -0.2) is 4.98 Å². The quantitative estimate of drug-likeness (QED) is 0.693. The summed E-state index contributed by atoms with van der Waals surface area (Å²) >= 11 is 0. The van der Waals surface area contributed by atoms with E-state index in [0.29, 0.717) is 24.7 Å². The van der Waals surface area contributed by atoms with Crippen molar-refractivity contribution in [1.82, 2.24) is 9.55 Å². The number of nitriles is 1. The van der Waals surface area contributed by atoms with Crippen LogP contribution in [-0.2, 0) is 13.2 Å². The Bertz CT molecular complexity index is 880. The summed E-state index contributed by atoms with van der Waals surface area (Å²) in [5.41, 5.74) is 1.92. The van der Waals surface area contributed by atoms with Crippen LogP contribution in [0.25, 0.3) is 11.0 Å². The highest BCUT2D eigenvalue weighted by molar-refractivity contribution is 5.75. The van der Waals surface area contributed by atoms with E-state index in [9.17, 15) is 0 Å². The van der Waals surface area contributed by atoms with Gasteiger partial charge in [0.1, 0.15) is 12.4 Å². The Morgan fingerprint density at radius 2 is 1.83 bits per heavy atom. The molecule has 3 aromatic rings. The van der Waals surface area contributed by atoms with Gasteiger partial charge >= 0.3 is 0 Å². The Hall–Kier alpha value is -3.00. The van der Waals surface area contributed by atoms with Crippen LogP contribution >= 0.6 is 0 Å². The first-order chi connectivity index (χ1) is 11.7. The normalized spacial score (nSPS) is 11.9. The summed E-state index contributed by atoms with van der Waals surface area (Å²) in [7, 11) is 1.62. The van der Waals surface area contributed by atoms with Gasteiger partial charge in [-0.2, -0.15) is 5.26 Å². The van der Waals surface area contributed by atoms with Crippen LogP contribution in [0.1, 0.15) is 12.7 Å². The van der Waals surface area contributed by atoms with Crippen molar-refractivity contribution in [1.29, 1.82) is 5.26 Å². The molecule has 5 nitrogen and oxygen atoms in total. The molecule has 5 heteroatoms. The van der Waals surface area contributed by atoms with Gasteiger partial charge in [0.15, 0.2) is 11.5 Å². The van der Waals surface area contributed by atoms with Crippen molar-refractivity contribution in [2.24, 2.45) is 5.92 Å². The summed E-state index contributed by atoms with van der Waals surface area (Å²) in [6.45, 7) is 2.80. The Balaban J connectivity index is 1.91. The van der Waals surface area contributed by atoms with Crippen molar-refractivity contribution < 1.29 is 9.47 Å². The zero-order valence-corrected chi connectivity index (χ0v) is 13.8. The number of imidazole rings is 1. The van der Waals surface area contributed by atoms with Gasteiger partial charge in [-0.3, -0.25) is 0 Å². The molecule has 2 aromatic carbocycles. The summed E-state index contributed by atoms with van der Waals surface area (Å²) in [5, 5.41) is 9.14. The van der Waals surface area contributed by atoms with E-state index in [2.05, 4.69) is 15.6 Å². The number of rotatable bonds is 6. The molecule has 1 unspecified atom stereocenters. The molecule has 0 fully saturated rings. The van der Waals surface area contributed by atoms with Crippen LogP contribution in [0.3, 0.4) is 0 Å². The highest BCUT2D eigenvalue weighted by Crippen LogP contribution is 2.27. The summed E-state index contributed by atoms with van der Waals surface area (Å²) in [6.07, 6.45) is 0. The minimum atomic E-state index is -0.104. The molecule has 0 bridgehead atoms. The van der Waals surface area contributed by atoms with Gasteiger partial charge in [-0.1, -0.05) is 24.3 Å². The maximum absolute atomic E-state index is 9.14. The minimum absolute atomic E-state index is 0.104. The molecule has 0 aliphatic carbocycles. The summed E-state index contributed by atoms with van der Waals surface area (Å²) in [5.74, 6) is 2.05. The van der Waals surface area contributed by atoms with Crippen LogP contribution in [0.5, 0.6) is 11.5 Å². The fraction of sp³-hybridized carbons (Fsp3) is 0.263. The van der Waals surface area contributed by atoms with E-state index in [0.717, 1.165) is 16.9 Å². The standard InChI is InChI=1S/C19H19N3O2/c1-14(11-20)12-22-16-8-4-3-7-15(16)21-19(22)13-24-18-10-6-5-9-17(18)23-2/h3-10,14H,12-13H2,1-2H3. The first-order valence-corrected chi connectivity index (χ1v) is 7.82. The molecule has 0 saturated carbocycles. The molecular formula is C19H19N3O2. The average Bonchev–Trinajstić information content (AvgIpc) is 2.97. The topological polar surface area (TPSA) is 60.1 Å². The Kier molecular flexibility index (Phi) is 4.66. The summed E-state index contributed by atoms with van der Waals surface area (Å²) in [4.78, 5) is 4.66. The number of hydrogen-bond acceptors (Lipinski definition) is 4. The van der Waals surface area contributed by atoms with Gasteiger partial charge in [-0.15, -0.1) is 0 Å². The zero-order valence-electron chi connectivity index (χ0n) is 13.8. The Morgan fingerprint density at radius 3 is 2.58 bits per heavy atom.